The minimum atomic E-state index is -0.843. The second-order valence-electron chi connectivity index (χ2n) is 7.41. The number of hydrogen-bond donors (Lipinski definition) is 1. The molecule has 0 saturated carbocycles. The average Bonchev–Trinajstić information content (AvgIpc) is 3.09. The Labute approximate surface area is 157 Å². The quantitative estimate of drug-likeness (QED) is 0.834. The number of hydrogen-bond acceptors (Lipinski definition) is 4. The summed E-state index contributed by atoms with van der Waals surface area (Å²) in [7, 11) is 0. The highest BCUT2D eigenvalue weighted by molar-refractivity contribution is 5.94. The van der Waals surface area contributed by atoms with E-state index in [1.54, 1.807) is 6.26 Å². The normalized spacial score (nSPS) is 18.0. The largest absolute Gasteiger partial charge is 0.448 e. The standard InChI is InChI=1S/C20H25F2N3O2/c1-13(2)20-24-16(12-27-20)11-25-7-3-4-14(10-25)9-23-19(26)17-6-5-15(21)8-18(17)22/h5-6,8,12-14H,3-4,7,9-11H2,1-2H3,(H,23,26). The van der Waals surface area contributed by atoms with E-state index >= 15 is 0 Å². The summed E-state index contributed by atoms with van der Waals surface area (Å²) in [6, 6.07) is 2.98. The number of likely N-dealkylation sites (tertiary alicyclic amines) is 1. The van der Waals surface area contributed by atoms with E-state index in [1.807, 2.05) is 13.8 Å². The van der Waals surface area contributed by atoms with E-state index in [9.17, 15) is 13.6 Å². The second-order valence-corrected chi connectivity index (χ2v) is 7.41. The lowest BCUT2D eigenvalue weighted by Crippen LogP contribution is -2.40. The second kappa shape index (κ2) is 8.61. The molecule has 1 atom stereocenters. The lowest BCUT2D eigenvalue weighted by atomic mass is 9.97. The maximum atomic E-state index is 13.7. The van der Waals surface area contributed by atoms with Crippen molar-refractivity contribution < 1.29 is 18.0 Å². The van der Waals surface area contributed by atoms with Crippen LogP contribution in [0.5, 0.6) is 0 Å². The fourth-order valence-corrected chi connectivity index (χ4v) is 3.36. The summed E-state index contributed by atoms with van der Waals surface area (Å²) in [5.41, 5.74) is 0.782. The fourth-order valence-electron chi connectivity index (χ4n) is 3.36. The molecule has 27 heavy (non-hydrogen) atoms. The molecular weight excluding hydrogens is 352 g/mol. The van der Waals surface area contributed by atoms with Crippen LogP contribution in [-0.2, 0) is 6.54 Å². The molecule has 1 aromatic carbocycles. The minimum absolute atomic E-state index is 0.132. The maximum absolute atomic E-state index is 13.7. The maximum Gasteiger partial charge on any atom is 0.254 e. The van der Waals surface area contributed by atoms with Gasteiger partial charge in [0.25, 0.3) is 5.91 Å². The molecular formula is C20H25F2N3O2. The van der Waals surface area contributed by atoms with Crippen LogP contribution < -0.4 is 5.32 Å². The number of oxazole rings is 1. The van der Waals surface area contributed by atoms with Crippen LogP contribution in [0.1, 0.15) is 54.5 Å². The summed E-state index contributed by atoms with van der Waals surface area (Å²) in [4.78, 5) is 19.0. The molecule has 0 radical (unpaired) electrons. The summed E-state index contributed by atoms with van der Waals surface area (Å²) in [5, 5.41) is 2.77. The predicted octanol–water partition coefficient (Wildman–Crippen LogP) is 3.72. The van der Waals surface area contributed by atoms with E-state index in [4.69, 9.17) is 4.42 Å². The molecule has 1 fully saturated rings. The fraction of sp³-hybridized carbons (Fsp3) is 0.500. The summed E-state index contributed by atoms with van der Waals surface area (Å²) in [6.45, 7) is 7.06. The first-order chi connectivity index (χ1) is 12.9. The van der Waals surface area contributed by atoms with Crippen molar-refractivity contribution >= 4 is 5.91 Å². The zero-order chi connectivity index (χ0) is 19.4. The number of nitrogens with zero attached hydrogens (tertiary/aromatic N) is 2. The number of benzene rings is 1. The zero-order valence-corrected chi connectivity index (χ0v) is 15.7. The van der Waals surface area contributed by atoms with Gasteiger partial charge in [-0.05, 0) is 37.4 Å². The van der Waals surface area contributed by atoms with E-state index in [2.05, 4.69) is 15.2 Å². The number of halogens is 2. The Morgan fingerprint density at radius 3 is 2.93 bits per heavy atom. The first-order valence-corrected chi connectivity index (χ1v) is 9.32. The molecule has 5 nitrogen and oxygen atoms in total. The number of carbonyl (C=O) groups excluding carboxylic acids is 1. The van der Waals surface area contributed by atoms with Crippen molar-refractivity contribution in [2.24, 2.45) is 5.92 Å². The zero-order valence-electron chi connectivity index (χ0n) is 15.7. The molecule has 1 aliphatic heterocycles. The molecule has 1 aromatic heterocycles. The highest BCUT2D eigenvalue weighted by atomic mass is 19.1. The van der Waals surface area contributed by atoms with Gasteiger partial charge in [-0.1, -0.05) is 13.8 Å². The van der Waals surface area contributed by atoms with Crippen LogP contribution in [0.2, 0.25) is 0 Å². The summed E-state index contributed by atoms with van der Waals surface area (Å²) < 4.78 is 32.2. The lowest BCUT2D eigenvalue weighted by molar-refractivity contribution is 0.0926. The van der Waals surface area contributed by atoms with Crippen molar-refractivity contribution in [1.82, 2.24) is 15.2 Å². The van der Waals surface area contributed by atoms with Gasteiger partial charge in [0.05, 0.1) is 11.3 Å². The number of carbonyl (C=O) groups is 1. The summed E-state index contributed by atoms with van der Waals surface area (Å²) >= 11 is 0. The highest BCUT2D eigenvalue weighted by Crippen LogP contribution is 2.20. The van der Waals surface area contributed by atoms with Crippen LogP contribution in [0.3, 0.4) is 0 Å². The van der Waals surface area contributed by atoms with E-state index in [0.717, 1.165) is 49.6 Å². The molecule has 0 aliphatic carbocycles. The minimum Gasteiger partial charge on any atom is -0.448 e. The first-order valence-electron chi connectivity index (χ1n) is 9.32. The topological polar surface area (TPSA) is 58.4 Å². The van der Waals surface area contributed by atoms with E-state index in [0.29, 0.717) is 13.1 Å². The number of amides is 1. The molecule has 1 saturated heterocycles. The first kappa shape index (κ1) is 19.5. The van der Waals surface area contributed by atoms with Crippen LogP contribution in [0.4, 0.5) is 8.78 Å². The Kier molecular flexibility index (Phi) is 6.21. The van der Waals surface area contributed by atoms with Gasteiger partial charge in [-0.2, -0.15) is 0 Å². The number of nitrogens with one attached hydrogen (secondary N) is 1. The van der Waals surface area contributed by atoms with Gasteiger partial charge in [-0.25, -0.2) is 13.8 Å². The van der Waals surface area contributed by atoms with Gasteiger partial charge >= 0.3 is 0 Å². The number of rotatable bonds is 6. The van der Waals surface area contributed by atoms with Crippen LogP contribution in [-0.4, -0.2) is 35.4 Å². The third-order valence-corrected chi connectivity index (χ3v) is 4.78. The molecule has 1 aliphatic rings. The van der Waals surface area contributed by atoms with Crippen molar-refractivity contribution in [2.75, 3.05) is 19.6 Å². The molecule has 3 rings (SSSR count). The van der Waals surface area contributed by atoms with Gasteiger partial charge in [0, 0.05) is 31.6 Å². The molecule has 1 unspecified atom stereocenters. The SMILES string of the molecule is CC(C)c1nc(CN2CCCC(CNC(=O)c3ccc(F)cc3F)C2)co1. The lowest BCUT2D eigenvalue weighted by Gasteiger charge is -2.32. The van der Waals surface area contributed by atoms with Crippen molar-refractivity contribution in [2.45, 2.75) is 39.2 Å². The van der Waals surface area contributed by atoms with E-state index in [1.165, 1.54) is 6.07 Å². The smallest absolute Gasteiger partial charge is 0.254 e. The average molecular weight is 377 g/mol. The molecule has 2 aromatic rings. The summed E-state index contributed by atoms with van der Waals surface area (Å²) in [6.07, 6.45) is 3.73. The Bertz CT molecular complexity index is 791. The monoisotopic (exact) mass is 377 g/mol. The molecule has 0 spiro atoms. The van der Waals surface area contributed by atoms with Crippen LogP contribution in [0.15, 0.2) is 28.9 Å². The van der Waals surface area contributed by atoms with Crippen LogP contribution in [0.25, 0.3) is 0 Å². The molecule has 146 valence electrons. The van der Waals surface area contributed by atoms with Crippen LogP contribution in [0, 0.1) is 17.6 Å². The van der Waals surface area contributed by atoms with Gasteiger partial charge < -0.3 is 9.73 Å². The predicted molar refractivity (Wildman–Crippen MR) is 97.3 cm³/mol. The Hall–Kier alpha value is -2.28. The highest BCUT2D eigenvalue weighted by Gasteiger charge is 2.22. The third-order valence-electron chi connectivity index (χ3n) is 4.78. The Morgan fingerprint density at radius 1 is 1.41 bits per heavy atom. The van der Waals surface area contributed by atoms with E-state index < -0.39 is 17.5 Å². The Morgan fingerprint density at radius 2 is 2.22 bits per heavy atom. The van der Waals surface area contributed by atoms with Crippen LogP contribution >= 0.6 is 0 Å². The van der Waals surface area contributed by atoms with Crippen molar-refractivity contribution in [3.8, 4) is 0 Å². The van der Waals surface area contributed by atoms with Crippen molar-refractivity contribution in [1.29, 1.82) is 0 Å². The van der Waals surface area contributed by atoms with Crippen molar-refractivity contribution in [3.63, 3.8) is 0 Å². The number of piperidine rings is 1. The van der Waals surface area contributed by atoms with Gasteiger partial charge in [0.2, 0.25) is 0 Å². The Balaban J connectivity index is 1.51. The van der Waals surface area contributed by atoms with Gasteiger partial charge in [0.15, 0.2) is 5.89 Å². The van der Waals surface area contributed by atoms with Gasteiger partial charge in [-0.3, -0.25) is 9.69 Å². The molecule has 1 N–H and O–H groups in total. The number of aromatic nitrogens is 1. The van der Waals surface area contributed by atoms with Crippen molar-refractivity contribution in [3.05, 3.63) is 53.2 Å². The van der Waals surface area contributed by atoms with E-state index in [-0.39, 0.29) is 17.4 Å². The molecule has 7 heteroatoms. The third kappa shape index (κ3) is 5.13. The molecule has 0 bridgehead atoms. The van der Waals surface area contributed by atoms with Gasteiger partial charge in [0.1, 0.15) is 17.9 Å². The summed E-state index contributed by atoms with van der Waals surface area (Å²) in [5.74, 6) is -0.766. The van der Waals surface area contributed by atoms with Gasteiger partial charge in [-0.15, -0.1) is 0 Å². The molecule has 1 amide bonds. The molecule has 2 heterocycles.